The molecule has 106 valence electrons. The third kappa shape index (κ3) is 2.69. The highest BCUT2D eigenvalue weighted by molar-refractivity contribution is 5.85. The van der Waals surface area contributed by atoms with Crippen molar-refractivity contribution in [3.63, 3.8) is 0 Å². The number of carbonyl (C=O) groups is 1. The fraction of sp³-hybridized carbons (Fsp3) is 0.500. The van der Waals surface area contributed by atoms with Crippen molar-refractivity contribution in [2.75, 3.05) is 6.54 Å². The molecule has 1 heterocycles. The van der Waals surface area contributed by atoms with Gasteiger partial charge in [0.2, 0.25) is 5.91 Å². The second-order valence-electron chi connectivity index (χ2n) is 5.56. The van der Waals surface area contributed by atoms with Crippen molar-refractivity contribution in [3.8, 4) is 0 Å². The zero-order valence-electron chi connectivity index (χ0n) is 11.8. The molecule has 1 unspecified atom stereocenters. The van der Waals surface area contributed by atoms with Crippen molar-refractivity contribution >= 4 is 11.6 Å². The van der Waals surface area contributed by atoms with E-state index in [1.54, 1.807) is 0 Å². The summed E-state index contributed by atoms with van der Waals surface area (Å²) in [5, 5.41) is 7.02. The molecule has 0 fully saturated rings. The van der Waals surface area contributed by atoms with E-state index in [9.17, 15) is 4.79 Å². The standard InChI is InChI=1S/C16H20N2O2/c1-2-14-9-15(20-18-14)10-17-16(19)13-7-11-5-3-4-6-12(11)8-13/h3-6,13,15H,2,7-10H2,1H3,(H,17,19). The first kappa shape index (κ1) is 13.2. The third-order valence-electron chi connectivity index (χ3n) is 4.13. The highest BCUT2D eigenvalue weighted by Gasteiger charge is 2.28. The highest BCUT2D eigenvalue weighted by Crippen LogP contribution is 2.26. The molecule has 0 bridgehead atoms. The number of oxime groups is 1. The molecule has 0 saturated heterocycles. The number of fused-ring (bicyclic) bond motifs is 1. The zero-order chi connectivity index (χ0) is 13.9. The Morgan fingerprint density at radius 2 is 2.00 bits per heavy atom. The molecule has 2 aliphatic rings. The van der Waals surface area contributed by atoms with Gasteiger partial charge in [-0.3, -0.25) is 4.79 Å². The average Bonchev–Trinajstić information content (AvgIpc) is 3.10. The molecule has 4 heteroatoms. The Morgan fingerprint density at radius 3 is 2.60 bits per heavy atom. The van der Waals surface area contributed by atoms with Crippen LogP contribution in [0.3, 0.4) is 0 Å². The molecule has 1 aliphatic heterocycles. The first-order valence-electron chi connectivity index (χ1n) is 7.32. The van der Waals surface area contributed by atoms with Gasteiger partial charge in [0.05, 0.1) is 12.3 Å². The molecule has 0 radical (unpaired) electrons. The second-order valence-corrected chi connectivity index (χ2v) is 5.56. The molecule has 1 aromatic rings. The highest BCUT2D eigenvalue weighted by atomic mass is 16.6. The molecule has 0 aromatic heterocycles. The molecule has 0 spiro atoms. The lowest BCUT2D eigenvalue weighted by Crippen LogP contribution is -2.36. The van der Waals surface area contributed by atoms with Gasteiger partial charge in [0.15, 0.2) is 0 Å². The van der Waals surface area contributed by atoms with Crippen LogP contribution in [0.2, 0.25) is 0 Å². The summed E-state index contributed by atoms with van der Waals surface area (Å²) < 4.78 is 0. The lowest BCUT2D eigenvalue weighted by molar-refractivity contribution is -0.125. The second kappa shape index (κ2) is 5.65. The summed E-state index contributed by atoms with van der Waals surface area (Å²) in [6, 6.07) is 8.30. The van der Waals surface area contributed by atoms with Gasteiger partial charge >= 0.3 is 0 Å². The van der Waals surface area contributed by atoms with Crippen LogP contribution < -0.4 is 5.32 Å². The van der Waals surface area contributed by atoms with Crippen LogP contribution in [-0.2, 0) is 22.5 Å². The average molecular weight is 272 g/mol. The molecule has 1 aromatic carbocycles. The Kier molecular flexibility index (Phi) is 3.72. The first-order chi connectivity index (χ1) is 9.76. The number of carbonyl (C=O) groups excluding carboxylic acids is 1. The Bertz CT molecular complexity index is 514. The number of amides is 1. The summed E-state index contributed by atoms with van der Waals surface area (Å²) in [7, 11) is 0. The largest absolute Gasteiger partial charge is 0.390 e. The minimum atomic E-state index is 0.0117. The van der Waals surface area contributed by atoms with Crippen molar-refractivity contribution < 1.29 is 9.63 Å². The molecule has 0 saturated carbocycles. The van der Waals surface area contributed by atoms with Crippen LogP contribution in [0.25, 0.3) is 0 Å². The maximum absolute atomic E-state index is 12.2. The van der Waals surface area contributed by atoms with Gasteiger partial charge in [0.25, 0.3) is 0 Å². The van der Waals surface area contributed by atoms with Crippen LogP contribution in [0.1, 0.15) is 30.9 Å². The van der Waals surface area contributed by atoms with Gasteiger partial charge in [-0.2, -0.15) is 0 Å². The summed E-state index contributed by atoms with van der Waals surface area (Å²) in [6.07, 6.45) is 3.47. The van der Waals surface area contributed by atoms with Crippen LogP contribution in [-0.4, -0.2) is 24.3 Å². The smallest absolute Gasteiger partial charge is 0.223 e. The van der Waals surface area contributed by atoms with Crippen molar-refractivity contribution in [2.24, 2.45) is 11.1 Å². The first-order valence-corrected chi connectivity index (χ1v) is 7.32. The maximum Gasteiger partial charge on any atom is 0.223 e. The molecular weight excluding hydrogens is 252 g/mol. The fourth-order valence-electron chi connectivity index (χ4n) is 2.91. The molecule has 1 amide bonds. The Hall–Kier alpha value is -1.84. The van der Waals surface area contributed by atoms with Crippen molar-refractivity contribution in [2.45, 2.75) is 38.7 Å². The van der Waals surface area contributed by atoms with Crippen molar-refractivity contribution in [1.82, 2.24) is 5.32 Å². The van der Waals surface area contributed by atoms with E-state index in [1.165, 1.54) is 11.1 Å². The Labute approximate surface area is 119 Å². The summed E-state index contributed by atoms with van der Waals surface area (Å²) in [5.41, 5.74) is 3.69. The van der Waals surface area contributed by atoms with Gasteiger partial charge in [0.1, 0.15) is 6.10 Å². The van der Waals surface area contributed by atoms with E-state index in [0.29, 0.717) is 6.54 Å². The van der Waals surface area contributed by atoms with Crippen LogP contribution in [0.4, 0.5) is 0 Å². The van der Waals surface area contributed by atoms with Crippen LogP contribution >= 0.6 is 0 Å². The van der Waals surface area contributed by atoms with E-state index in [-0.39, 0.29) is 17.9 Å². The predicted octanol–water partition coefficient (Wildman–Crippen LogP) is 2.07. The molecule has 1 N–H and O–H groups in total. The van der Waals surface area contributed by atoms with E-state index in [1.807, 2.05) is 12.1 Å². The topological polar surface area (TPSA) is 50.7 Å². The van der Waals surface area contributed by atoms with Crippen LogP contribution in [0, 0.1) is 5.92 Å². The van der Waals surface area contributed by atoms with E-state index in [2.05, 4.69) is 29.5 Å². The van der Waals surface area contributed by atoms with E-state index in [0.717, 1.165) is 31.4 Å². The van der Waals surface area contributed by atoms with E-state index in [4.69, 9.17) is 4.84 Å². The number of hydrogen-bond acceptors (Lipinski definition) is 3. The maximum atomic E-state index is 12.2. The van der Waals surface area contributed by atoms with Crippen LogP contribution in [0.15, 0.2) is 29.4 Å². The summed E-state index contributed by atoms with van der Waals surface area (Å²) >= 11 is 0. The molecule has 20 heavy (non-hydrogen) atoms. The quantitative estimate of drug-likeness (QED) is 0.912. The number of nitrogens with one attached hydrogen (secondary N) is 1. The Morgan fingerprint density at radius 1 is 1.30 bits per heavy atom. The molecular formula is C16H20N2O2. The Balaban J connectivity index is 1.47. The minimum Gasteiger partial charge on any atom is -0.390 e. The molecule has 4 nitrogen and oxygen atoms in total. The normalized spacial score (nSPS) is 21.2. The van der Waals surface area contributed by atoms with Crippen molar-refractivity contribution in [3.05, 3.63) is 35.4 Å². The number of rotatable bonds is 4. The summed E-state index contributed by atoms with van der Waals surface area (Å²) in [4.78, 5) is 17.5. The number of benzene rings is 1. The SMILES string of the molecule is CCC1=NOC(CNC(=O)C2Cc3ccccc3C2)C1. The number of nitrogens with zero attached hydrogens (tertiary/aromatic N) is 1. The summed E-state index contributed by atoms with van der Waals surface area (Å²) in [6.45, 7) is 2.62. The monoisotopic (exact) mass is 272 g/mol. The van der Waals surface area contributed by atoms with Gasteiger partial charge in [-0.15, -0.1) is 0 Å². The van der Waals surface area contributed by atoms with Gasteiger partial charge in [-0.1, -0.05) is 36.3 Å². The lowest BCUT2D eigenvalue weighted by Gasteiger charge is -2.13. The van der Waals surface area contributed by atoms with Gasteiger partial charge in [-0.25, -0.2) is 0 Å². The van der Waals surface area contributed by atoms with Gasteiger partial charge < -0.3 is 10.2 Å². The molecule has 1 aliphatic carbocycles. The van der Waals surface area contributed by atoms with E-state index < -0.39 is 0 Å². The fourth-order valence-corrected chi connectivity index (χ4v) is 2.91. The number of hydrogen-bond donors (Lipinski definition) is 1. The van der Waals surface area contributed by atoms with E-state index >= 15 is 0 Å². The third-order valence-corrected chi connectivity index (χ3v) is 4.13. The predicted molar refractivity (Wildman–Crippen MR) is 77.6 cm³/mol. The zero-order valence-corrected chi connectivity index (χ0v) is 11.8. The van der Waals surface area contributed by atoms with Gasteiger partial charge in [-0.05, 0) is 30.4 Å². The molecule has 1 atom stereocenters. The minimum absolute atomic E-state index is 0.0117. The summed E-state index contributed by atoms with van der Waals surface area (Å²) in [5.74, 6) is 0.204. The van der Waals surface area contributed by atoms with Crippen molar-refractivity contribution in [1.29, 1.82) is 0 Å². The lowest BCUT2D eigenvalue weighted by atomic mass is 10.1. The van der Waals surface area contributed by atoms with Gasteiger partial charge in [0, 0.05) is 12.3 Å². The van der Waals surface area contributed by atoms with Crippen LogP contribution in [0.5, 0.6) is 0 Å². The molecule has 3 rings (SSSR count).